The lowest BCUT2D eigenvalue weighted by atomic mass is 10.2. The van der Waals surface area contributed by atoms with Crippen LogP contribution in [0.15, 0.2) is 73.2 Å². The van der Waals surface area contributed by atoms with Gasteiger partial charge in [-0.05, 0) is 48.4 Å². The van der Waals surface area contributed by atoms with Crippen LogP contribution in [0.4, 0.5) is 5.82 Å². The van der Waals surface area contributed by atoms with Crippen LogP contribution in [0.1, 0.15) is 21.9 Å². The molecule has 0 bridgehead atoms. The maximum absolute atomic E-state index is 12.7. The molecule has 1 aromatic carbocycles. The van der Waals surface area contributed by atoms with Gasteiger partial charge in [0, 0.05) is 25.1 Å². The Morgan fingerprint density at radius 2 is 1.78 bits per heavy atom. The molecule has 5 rings (SSSR count). The summed E-state index contributed by atoms with van der Waals surface area (Å²) in [7, 11) is 0. The standard InChI is InChI=1S/C23H20N8O/c32-23(26-14-10-16-8-12-24-13-9-16)21-29-22-20(27-15-17-5-3-4-11-25-17)28-18-6-1-2-7-19(18)31(22)30-21/h1-9,11-13H,10,14-15H2,(H,26,32)(H,27,28). The van der Waals surface area contributed by atoms with Gasteiger partial charge in [0.25, 0.3) is 5.91 Å². The molecule has 0 atom stereocenters. The van der Waals surface area contributed by atoms with Crippen LogP contribution in [0, 0.1) is 0 Å². The summed E-state index contributed by atoms with van der Waals surface area (Å²) < 4.78 is 1.65. The largest absolute Gasteiger partial charge is 0.361 e. The SMILES string of the molecule is O=C(NCCc1ccncc1)c1nc2c(NCc3ccccn3)nc3ccccc3n2n1. The predicted octanol–water partition coefficient (Wildman–Crippen LogP) is 2.65. The van der Waals surface area contributed by atoms with Gasteiger partial charge in [0.1, 0.15) is 0 Å². The first-order valence-electron chi connectivity index (χ1n) is 10.2. The third-order valence-corrected chi connectivity index (χ3v) is 4.98. The summed E-state index contributed by atoms with van der Waals surface area (Å²) in [6, 6.07) is 17.2. The molecule has 158 valence electrons. The van der Waals surface area contributed by atoms with Crippen LogP contribution in [0.3, 0.4) is 0 Å². The van der Waals surface area contributed by atoms with E-state index in [2.05, 4.69) is 30.7 Å². The number of carbonyl (C=O) groups excluding carboxylic acids is 1. The van der Waals surface area contributed by atoms with E-state index in [9.17, 15) is 4.79 Å². The maximum Gasteiger partial charge on any atom is 0.291 e. The van der Waals surface area contributed by atoms with Crippen molar-refractivity contribution in [2.45, 2.75) is 13.0 Å². The number of benzene rings is 1. The fourth-order valence-corrected chi connectivity index (χ4v) is 3.38. The second-order valence-electron chi connectivity index (χ2n) is 7.16. The predicted molar refractivity (Wildman–Crippen MR) is 120 cm³/mol. The Morgan fingerprint density at radius 3 is 2.62 bits per heavy atom. The van der Waals surface area contributed by atoms with E-state index in [1.54, 1.807) is 23.1 Å². The van der Waals surface area contributed by atoms with Crippen molar-refractivity contribution >= 4 is 28.4 Å². The molecule has 0 unspecified atom stereocenters. The van der Waals surface area contributed by atoms with Crippen molar-refractivity contribution in [3.05, 3.63) is 90.3 Å². The van der Waals surface area contributed by atoms with Crippen molar-refractivity contribution in [2.24, 2.45) is 0 Å². The summed E-state index contributed by atoms with van der Waals surface area (Å²) in [6.45, 7) is 0.949. The number of nitrogens with one attached hydrogen (secondary N) is 2. The lowest BCUT2D eigenvalue weighted by Gasteiger charge is -2.08. The normalized spacial score (nSPS) is 11.0. The molecule has 0 aliphatic carbocycles. The zero-order chi connectivity index (χ0) is 21.8. The number of amides is 1. The number of aromatic nitrogens is 6. The highest BCUT2D eigenvalue weighted by atomic mass is 16.2. The molecule has 0 aliphatic heterocycles. The van der Waals surface area contributed by atoms with Crippen LogP contribution in [0.2, 0.25) is 0 Å². The first-order chi connectivity index (χ1) is 15.8. The maximum atomic E-state index is 12.7. The number of nitrogens with zero attached hydrogens (tertiary/aromatic N) is 6. The molecule has 0 aliphatic rings. The van der Waals surface area contributed by atoms with Gasteiger partial charge in [0.15, 0.2) is 11.5 Å². The van der Waals surface area contributed by atoms with Crippen LogP contribution in [-0.2, 0) is 13.0 Å². The van der Waals surface area contributed by atoms with E-state index in [0.29, 0.717) is 31.0 Å². The van der Waals surface area contributed by atoms with Crippen LogP contribution in [-0.4, -0.2) is 42.0 Å². The van der Waals surface area contributed by atoms with Crippen molar-refractivity contribution in [3.8, 4) is 0 Å². The minimum Gasteiger partial charge on any atom is -0.361 e. The van der Waals surface area contributed by atoms with Crippen LogP contribution in [0.25, 0.3) is 16.7 Å². The number of fused-ring (bicyclic) bond motifs is 3. The molecule has 0 radical (unpaired) electrons. The molecule has 9 nitrogen and oxygen atoms in total. The Bertz CT molecular complexity index is 1370. The van der Waals surface area contributed by atoms with Gasteiger partial charge < -0.3 is 10.6 Å². The van der Waals surface area contributed by atoms with E-state index in [1.807, 2.05) is 54.6 Å². The van der Waals surface area contributed by atoms with E-state index >= 15 is 0 Å². The second kappa shape index (κ2) is 8.76. The van der Waals surface area contributed by atoms with Crippen LogP contribution < -0.4 is 10.6 Å². The van der Waals surface area contributed by atoms with Gasteiger partial charge in [-0.15, -0.1) is 5.10 Å². The van der Waals surface area contributed by atoms with E-state index in [0.717, 1.165) is 22.3 Å². The van der Waals surface area contributed by atoms with E-state index < -0.39 is 0 Å². The van der Waals surface area contributed by atoms with Gasteiger partial charge in [-0.3, -0.25) is 14.8 Å². The summed E-state index contributed by atoms with van der Waals surface area (Å²) in [6.07, 6.45) is 5.91. The lowest BCUT2D eigenvalue weighted by molar-refractivity contribution is 0.0944. The Kier molecular flexibility index (Phi) is 5.36. The summed E-state index contributed by atoms with van der Waals surface area (Å²) in [5, 5.41) is 10.6. The van der Waals surface area contributed by atoms with E-state index in [1.165, 1.54) is 0 Å². The molecule has 5 aromatic rings. The Labute approximate surface area is 183 Å². The molecule has 32 heavy (non-hydrogen) atoms. The summed E-state index contributed by atoms with van der Waals surface area (Å²) in [5.74, 6) is 0.305. The summed E-state index contributed by atoms with van der Waals surface area (Å²) in [4.78, 5) is 30.2. The lowest BCUT2D eigenvalue weighted by Crippen LogP contribution is -2.26. The smallest absolute Gasteiger partial charge is 0.291 e. The molecule has 4 heterocycles. The van der Waals surface area contributed by atoms with Gasteiger partial charge in [-0.2, -0.15) is 4.98 Å². The average molecular weight is 424 g/mol. The molecule has 9 heteroatoms. The van der Waals surface area contributed by atoms with Crippen molar-refractivity contribution in [2.75, 3.05) is 11.9 Å². The summed E-state index contributed by atoms with van der Waals surface area (Å²) in [5.41, 5.74) is 3.97. The molecule has 1 amide bonds. The molecule has 0 saturated heterocycles. The van der Waals surface area contributed by atoms with E-state index in [-0.39, 0.29) is 11.7 Å². The van der Waals surface area contributed by atoms with Crippen LogP contribution >= 0.6 is 0 Å². The number of pyridine rings is 2. The Hall–Kier alpha value is -4.40. The minimum absolute atomic E-state index is 0.0961. The molecular formula is C23H20N8O. The van der Waals surface area contributed by atoms with Gasteiger partial charge >= 0.3 is 0 Å². The number of para-hydroxylation sites is 2. The highest BCUT2D eigenvalue weighted by Gasteiger charge is 2.18. The zero-order valence-electron chi connectivity index (χ0n) is 17.1. The first-order valence-corrected chi connectivity index (χ1v) is 10.2. The van der Waals surface area contributed by atoms with Crippen molar-refractivity contribution in [3.63, 3.8) is 0 Å². The van der Waals surface area contributed by atoms with Crippen molar-refractivity contribution < 1.29 is 4.79 Å². The van der Waals surface area contributed by atoms with Gasteiger partial charge in [0.2, 0.25) is 5.82 Å². The highest BCUT2D eigenvalue weighted by molar-refractivity contribution is 5.92. The number of hydrogen-bond acceptors (Lipinski definition) is 7. The number of rotatable bonds is 7. The monoisotopic (exact) mass is 424 g/mol. The third kappa shape index (κ3) is 4.08. The fourth-order valence-electron chi connectivity index (χ4n) is 3.38. The molecular weight excluding hydrogens is 404 g/mol. The molecule has 2 N–H and O–H groups in total. The first kappa shape index (κ1) is 19.6. The number of anilines is 1. The Morgan fingerprint density at radius 1 is 0.938 bits per heavy atom. The number of hydrogen-bond donors (Lipinski definition) is 2. The molecule has 0 spiro atoms. The summed E-state index contributed by atoms with van der Waals surface area (Å²) >= 11 is 0. The van der Waals surface area contributed by atoms with E-state index in [4.69, 9.17) is 4.98 Å². The van der Waals surface area contributed by atoms with Gasteiger partial charge in [-0.1, -0.05) is 18.2 Å². The highest BCUT2D eigenvalue weighted by Crippen LogP contribution is 2.20. The zero-order valence-corrected chi connectivity index (χ0v) is 17.1. The second-order valence-corrected chi connectivity index (χ2v) is 7.16. The van der Waals surface area contributed by atoms with Crippen LogP contribution in [0.5, 0.6) is 0 Å². The number of carbonyl (C=O) groups is 1. The molecule has 0 fully saturated rings. The van der Waals surface area contributed by atoms with Gasteiger partial charge in [0.05, 0.1) is 23.3 Å². The van der Waals surface area contributed by atoms with Crippen molar-refractivity contribution in [1.29, 1.82) is 0 Å². The Balaban J connectivity index is 1.41. The third-order valence-electron chi connectivity index (χ3n) is 4.98. The van der Waals surface area contributed by atoms with Crippen molar-refractivity contribution in [1.82, 2.24) is 34.9 Å². The fraction of sp³-hybridized carbons (Fsp3) is 0.130. The minimum atomic E-state index is -0.331. The molecule has 0 saturated carbocycles. The van der Waals surface area contributed by atoms with Gasteiger partial charge in [-0.25, -0.2) is 9.50 Å². The topological polar surface area (TPSA) is 110 Å². The molecule has 4 aromatic heterocycles. The quantitative estimate of drug-likeness (QED) is 0.413. The average Bonchev–Trinajstić information content (AvgIpc) is 3.30.